The smallest absolute Gasteiger partial charge is 0.340 e. The van der Waals surface area contributed by atoms with Gasteiger partial charge in [-0.15, -0.1) is 0 Å². The molecule has 1 heterocycles. The Kier molecular flexibility index (Phi) is 4.18. The van der Waals surface area contributed by atoms with E-state index in [1.807, 2.05) is 6.07 Å². The normalized spacial score (nSPS) is 9.80. The van der Waals surface area contributed by atoms with Crippen LogP contribution in [0.15, 0.2) is 36.5 Å². The van der Waals surface area contributed by atoms with Gasteiger partial charge in [-0.05, 0) is 18.2 Å². The summed E-state index contributed by atoms with van der Waals surface area (Å²) in [6, 6.07) is 9.99. The number of carbonyl (C=O) groups is 1. The number of rotatable bonds is 3. The first kappa shape index (κ1) is 13.8. The Morgan fingerprint density at radius 1 is 1.40 bits per heavy atom. The molecule has 0 fully saturated rings. The number of halogens is 1. The van der Waals surface area contributed by atoms with Gasteiger partial charge in [0.15, 0.2) is 0 Å². The summed E-state index contributed by atoms with van der Waals surface area (Å²) in [4.78, 5) is 15.8. The number of pyridine rings is 1. The molecule has 1 aromatic carbocycles. The molecule has 0 spiro atoms. The first-order valence-electron chi connectivity index (χ1n) is 5.68. The molecule has 0 radical (unpaired) electrons. The van der Waals surface area contributed by atoms with Gasteiger partial charge >= 0.3 is 5.97 Å². The molecule has 2 rings (SSSR count). The van der Waals surface area contributed by atoms with E-state index in [-0.39, 0.29) is 22.9 Å². The number of hydrogen-bond acceptors (Lipinski definition) is 5. The van der Waals surface area contributed by atoms with Crippen LogP contribution in [0.4, 0.5) is 5.69 Å². The molecular formula is C14H10ClN3O2. The average molecular weight is 288 g/mol. The van der Waals surface area contributed by atoms with Gasteiger partial charge in [0.2, 0.25) is 0 Å². The second-order valence-corrected chi connectivity index (χ2v) is 4.29. The van der Waals surface area contributed by atoms with Gasteiger partial charge in [0.05, 0.1) is 16.3 Å². The standard InChI is InChI=1S/C14H10ClN3O2/c15-13-10(4-1-5-11(13)17)14(19)20-8-9-3-2-6-18-12(9)7-16/h1-6H,8,17H2. The van der Waals surface area contributed by atoms with Gasteiger partial charge in [0.25, 0.3) is 0 Å². The van der Waals surface area contributed by atoms with Crippen molar-refractivity contribution in [2.45, 2.75) is 6.61 Å². The Hall–Kier alpha value is -2.58. The Labute approximate surface area is 120 Å². The summed E-state index contributed by atoms with van der Waals surface area (Å²) >= 11 is 5.94. The van der Waals surface area contributed by atoms with Crippen molar-refractivity contribution in [3.05, 3.63) is 58.4 Å². The van der Waals surface area contributed by atoms with Crippen LogP contribution in [-0.2, 0) is 11.3 Å². The van der Waals surface area contributed by atoms with Crippen molar-refractivity contribution >= 4 is 23.3 Å². The first-order chi connectivity index (χ1) is 9.63. The monoisotopic (exact) mass is 287 g/mol. The van der Waals surface area contributed by atoms with Gasteiger partial charge in [0, 0.05) is 11.8 Å². The van der Waals surface area contributed by atoms with Crippen LogP contribution in [0.5, 0.6) is 0 Å². The molecule has 0 aliphatic carbocycles. The van der Waals surface area contributed by atoms with Crippen molar-refractivity contribution in [2.24, 2.45) is 0 Å². The van der Waals surface area contributed by atoms with E-state index >= 15 is 0 Å². The van der Waals surface area contributed by atoms with Crippen LogP contribution in [0, 0.1) is 11.3 Å². The molecule has 0 atom stereocenters. The summed E-state index contributed by atoms with van der Waals surface area (Å²) < 4.78 is 5.12. The molecule has 2 N–H and O–H groups in total. The number of benzene rings is 1. The SMILES string of the molecule is N#Cc1ncccc1COC(=O)c1cccc(N)c1Cl. The van der Waals surface area contributed by atoms with Crippen molar-refractivity contribution in [3.8, 4) is 6.07 Å². The molecule has 0 saturated carbocycles. The van der Waals surface area contributed by atoms with Crippen LogP contribution in [-0.4, -0.2) is 11.0 Å². The van der Waals surface area contributed by atoms with E-state index in [0.29, 0.717) is 11.3 Å². The molecule has 6 heteroatoms. The zero-order chi connectivity index (χ0) is 14.5. The summed E-state index contributed by atoms with van der Waals surface area (Å²) in [5.41, 5.74) is 6.87. The summed E-state index contributed by atoms with van der Waals surface area (Å²) in [5, 5.41) is 9.05. The lowest BCUT2D eigenvalue weighted by Crippen LogP contribution is -2.08. The van der Waals surface area contributed by atoms with Gasteiger partial charge in [-0.2, -0.15) is 5.26 Å². The zero-order valence-electron chi connectivity index (χ0n) is 10.3. The number of nitriles is 1. The van der Waals surface area contributed by atoms with E-state index in [0.717, 1.165) is 0 Å². The van der Waals surface area contributed by atoms with Crippen LogP contribution in [0.1, 0.15) is 21.6 Å². The molecule has 0 amide bonds. The average Bonchev–Trinajstić information content (AvgIpc) is 2.48. The van der Waals surface area contributed by atoms with Gasteiger partial charge in [-0.1, -0.05) is 23.7 Å². The van der Waals surface area contributed by atoms with E-state index in [4.69, 9.17) is 27.3 Å². The van der Waals surface area contributed by atoms with Crippen LogP contribution < -0.4 is 5.73 Å². The Bertz CT molecular complexity index is 695. The third kappa shape index (κ3) is 2.87. The highest BCUT2D eigenvalue weighted by Gasteiger charge is 2.14. The van der Waals surface area contributed by atoms with Gasteiger partial charge < -0.3 is 10.5 Å². The lowest BCUT2D eigenvalue weighted by atomic mass is 10.2. The number of nitrogen functional groups attached to an aromatic ring is 1. The number of nitrogens with two attached hydrogens (primary N) is 1. The van der Waals surface area contributed by atoms with Crippen LogP contribution in [0.25, 0.3) is 0 Å². The molecule has 0 unspecified atom stereocenters. The van der Waals surface area contributed by atoms with Gasteiger partial charge in [-0.3, -0.25) is 0 Å². The fraction of sp³-hybridized carbons (Fsp3) is 0.0714. The third-order valence-corrected chi connectivity index (χ3v) is 3.03. The highest BCUT2D eigenvalue weighted by Crippen LogP contribution is 2.24. The van der Waals surface area contributed by atoms with Gasteiger partial charge in [-0.25, -0.2) is 9.78 Å². The largest absolute Gasteiger partial charge is 0.457 e. The fourth-order valence-electron chi connectivity index (χ4n) is 1.58. The van der Waals surface area contributed by atoms with E-state index in [1.165, 1.54) is 12.3 Å². The minimum absolute atomic E-state index is 0.0549. The highest BCUT2D eigenvalue weighted by atomic mass is 35.5. The molecule has 100 valence electrons. The van der Waals surface area contributed by atoms with Gasteiger partial charge in [0.1, 0.15) is 18.4 Å². The second-order valence-electron chi connectivity index (χ2n) is 3.91. The fourth-order valence-corrected chi connectivity index (χ4v) is 1.79. The molecular weight excluding hydrogens is 278 g/mol. The topological polar surface area (TPSA) is 89.0 Å². The van der Waals surface area contributed by atoms with E-state index in [9.17, 15) is 4.79 Å². The third-order valence-electron chi connectivity index (χ3n) is 2.60. The summed E-state index contributed by atoms with van der Waals surface area (Å²) in [6.07, 6.45) is 1.50. The van der Waals surface area contributed by atoms with Crippen LogP contribution in [0.3, 0.4) is 0 Å². The molecule has 1 aromatic heterocycles. The summed E-state index contributed by atoms with van der Waals surface area (Å²) in [6.45, 7) is -0.0549. The maximum Gasteiger partial charge on any atom is 0.340 e. The van der Waals surface area contributed by atoms with Crippen LogP contribution in [0.2, 0.25) is 5.02 Å². The minimum atomic E-state index is -0.602. The molecule has 0 bridgehead atoms. The van der Waals surface area contributed by atoms with E-state index in [2.05, 4.69) is 4.98 Å². The molecule has 20 heavy (non-hydrogen) atoms. The lowest BCUT2D eigenvalue weighted by molar-refractivity contribution is 0.0472. The number of aromatic nitrogens is 1. The first-order valence-corrected chi connectivity index (χ1v) is 6.06. The number of carbonyl (C=O) groups excluding carboxylic acids is 1. The quantitative estimate of drug-likeness (QED) is 0.692. The van der Waals surface area contributed by atoms with Crippen LogP contribution >= 0.6 is 11.6 Å². The lowest BCUT2D eigenvalue weighted by Gasteiger charge is -2.08. The number of nitrogens with zero attached hydrogens (tertiary/aromatic N) is 2. The van der Waals surface area contributed by atoms with Crippen molar-refractivity contribution in [3.63, 3.8) is 0 Å². The van der Waals surface area contributed by atoms with Crippen molar-refractivity contribution in [1.82, 2.24) is 4.98 Å². The van der Waals surface area contributed by atoms with E-state index in [1.54, 1.807) is 24.3 Å². The Morgan fingerprint density at radius 3 is 2.95 bits per heavy atom. The molecule has 2 aromatic rings. The van der Waals surface area contributed by atoms with E-state index < -0.39 is 5.97 Å². The van der Waals surface area contributed by atoms with Crippen molar-refractivity contribution in [1.29, 1.82) is 5.26 Å². The maximum atomic E-state index is 11.9. The Morgan fingerprint density at radius 2 is 2.20 bits per heavy atom. The highest BCUT2D eigenvalue weighted by molar-refractivity contribution is 6.36. The maximum absolute atomic E-state index is 11.9. The predicted octanol–water partition coefficient (Wildman–Crippen LogP) is 2.55. The summed E-state index contributed by atoms with van der Waals surface area (Å²) in [5.74, 6) is -0.602. The zero-order valence-corrected chi connectivity index (χ0v) is 11.1. The molecule has 0 aliphatic rings. The number of ether oxygens (including phenoxy) is 1. The van der Waals surface area contributed by atoms with Crippen molar-refractivity contribution < 1.29 is 9.53 Å². The molecule has 5 nitrogen and oxygen atoms in total. The van der Waals surface area contributed by atoms with Crippen molar-refractivity contribution in [2.75, 3.05) is 5.73 Å². The Balaban J connectivity index is 2.13. The number of anilines is 1. The summed E-state index contributed by atoms with van der Waals surface area (Å²) in [7, 11) is 0. The second kappa shape index (κ2) is 6.04. The number of esters is 1. The molecule has 0 saturated heterocycles. The number of hydrogen-bond donors (Lipinski definition) is 1. The molecule has 0 aliphatic heterocycles. The predicted molar refractivity (Wildman–Crippen MR) is 73.9 cm³/mol. The minimum Gasteiger partial charge on any atom is -0.457 e.